The molecule has 0 aromatic heterocycles. The maximum atomic E-state index is 13.9. The lowest BCUT2D eigenvalue weighted by molar-refractivity contribution is -0.138. The number of halogens is 1. The van der Waals surface area contributed by atoms with Crippen LogP contribution < -0.4 is 4.31 Å². The molecule has 0 saturated heterocycles. The van der Waals surface area contributed by atoms with E-state index < -0.39 is 28.4 Å². The highest BCUT2D eigenvalue weighted by Crippen LogP contribution is 2.23. The summed E-state index contributed by atoms with van der Waals surface area (Å²) >= 11 is 0. The number of rotatable bonds is 5. The standard InChI is InChI=1S/C12H16FNO4S/c1-4-19(16,17)14(8-12(15)18-3)11-6-5-9(2)7-10(11)13/h5-7H,4,8H2,1-3H3. The summed E-state index contributed by atoms with van der Waals surface area (Å²) < 4.78 is 42.9. The van der Waals surface area contributed by atoms with Crippen LogP contribution in [-0.4, -0.2) is 33.8 Å². The van der Waals surface area contributed by atoms with E-state index in [-0.39, 0.29) is 11.4 Å². The van der Waals surface area contributed by atoms with Crippen LogP contribution in [0.1, 0.15) is 12.5 Å². The van der Waals surface area contributed by atoms with Gasteiger partial charge in [-0.25, -0.2) is 12.8 Å². The van der Waals surface area contributed by atoms with Gasteiger partial charge >= 0.3 is 5.97 Å². The Morgan fingerprint density at radius 2 is 2.05 bits per heavy atom. The van der Waals surface area contributed by atoms with Crippen LogP contribution >= 0.6 is 0 Å². The van der Waals surface area contributed by atoms with Gasteiger partial charge in [-0.3, -0.25) is 9.10 Å². The Bertz CT molecular complexity index is 571. The lowest BCUT2D eigenvalue weighted by atomic mass is 10.2. The minimum absolute atomic E-state index is 0.155. The second kappa shape index (κ2) is 6.01. The first-order chi connectivity index (χ1) is 8.81. The summed E-state index contributed by atoms with van der Waals surface area (Å²) in [5, 5.41) is 0. The molecule has 5 nitrogen and oxygen atoms in total. The molecule has 0 aliphatic heterocycles. The van der Waals surface area contributed by atoms with Crippen molar-refractivity contribution in [3.8, 4) is 0 Å². The number of carbonyl (C=O) groups is 1. The van der Waals surface area contributed by atoms with Crippen molar-refractivity contribution in [2.45, 2.75) is 13.8 Å². The quantitative estimate of drug-likeness (QED) is 0.770. The van der Waals surface area contributed by atoms with E-state index in [1.54, 1.807) is 13.0 Å². The van der Waals surface area contributed by atoms with Crippen LogP contribution in [0.3, 0.4) is 0 Å². The number of methoxy groups -OCH3 is 1. The SMILES string of the molecule is CCS(=O)(=O)N(CC(=O)OC)c1ccc(C)cc1F. The molecule has 0 heterocycles. The maximum absolute atomic E-state index is 13.9. The summed E-state index contributed by atoms with van der Waals surface area (Å²) in [5.74, 6) is -1.69. The zero-order chi connectivity index (χ0) is 14.6. The van der Waals surface area contributed by atoms with Crippen molar-refractivity contribution in [2.75, 3.05) is 23.7 Å². The topological polar surface area (TPSA) is 63.7 Å². The molecule has 1 rings (SSSR count). The highest BCUT2D eigenvalue weighted by atomic mass is 32.2. The van der Waals surface area contributed by atoms with E-state index in [1.807, 2.05) is 0 Å². The van der Waals surface area contributed by atoms with Gasteiger partial charge in [0.25, 0.3) is 0 Å². The lowest BCUT2D eigenvalue weighted by Crippen LogP contribution is -2.37. The lowest BCUT2D eigenvalue weighted by Gasteiger charge is -2.23. The molecule has 0 aliphatic rings. The molecular formula is C12H16FNO4S. The summed E-state index contributed by atoms with van der Waals surface area (Å²) in [6, 6.07) is 4.12. The summed E-state index contributed by atoms with van der Waals surface area (Å²) in [6.45, 7) is 2.56. The van der Waals surface area contributed by atoms with Crippen LogP contribution in [0.15, 0.2) is 18.2 Å². The number of benzene rings is 1. The van der Waals surface area contributed by atoms with Gasteiger partial charge in [0.05, 0.1) is 18.6 Å². The number of nitrogens with zero attached hydrogens (tertiary/aromatic N) is 1. The minimum atomic E-state index is -3.76. The van der Waals surface area contributed by atoms with Crippen molar-refractivity contribution in [3.05, 3.63) is 29.6 Å². The predicted molar refractivity (Wildman–Crippen MR) is 70.0 cm³/mol. The largest absolute Gasteiger partial charge is 0.468 e. The van der Waals surface area contributed by atoms with Crippen molar-refractivity contribution >= 4 is 21.7 Å². The molecule has 0 bridgehead atoms. The van der Waals surface area contributed by atoms with E-state index in [1.165, 1.54) is 19.1 Å². The number of aryl methyl sites for hydroxylation is 1. The first-order valence-electron chi connectivity index (χ1n) is 5.65. The molecule has 0 unspecified atom stereocenters. The molecule has 0 N–H and O–H groups in total. The average Bonchev–Trinajstić information content (AvgIpc) is 2.36. The monoisotopic (exact) mass is 289 g/mol. The van der Waals surface area contributed by atoms with E-state index in [0.29, 0.717) is 5.56 Å². The van der Waals surface area contributed by atoms with Crippen molar-refractivity contribution in [3.63, 3.8) is 0 Å². The van der Waals surface area contributed by atoms with Gasteiger partial charge in [0.15, 0.2) is 0 Å². The summed E-state index contributed by atoms with van der Waals surface area (Å²) in [6.07, 6.45) is 0. The summed E-state index contributed by atoms with van der Waals surface area (Å²) in [5.41, 5.74) is 0.506. The van der Waals surface area contributed by atoms with Crippen molar-refractivity contribution in [2.24, 2.45) is 0 Å². The molecule has 7 heteroatoms. The number of hydrogen-bond acceptors (Lipinski definition) is 4. The van der Waals surface area contributed by atoms with E-state index in [4.69, 9.17) is 0 Å². The van der Waals surface area contributed by atoms with Gasteiger partial charge < -0.3 is 4.74 Å². The van der Waals surface area contributed by atoms with E-state index in [9.17, 15) is 17.6 Å². The number of sulfonamides is 1. The van der Waals surface area contributed by atoms with Gasteiger partial charge in [0.2, 0.25) is 10.0 Å². The van der Waals surface area contributed by atoms with E-state index in [2.05, 4.69) is 4.74 Å². The summed E-state index contributed by atoms with van der Waals surface area (Å²) in [7, 11) is -2.62. The molecule has 106 valence electrons. The fraction of sp³-hybridized carbons (Fsp3) is 0.417. The third-order valence-electron chi connectivity index (χ3n) is 2.57. The molecule has 0 saturated carbocycles. The third kappa shape index (κ3) is 3.66. The smallest absolute Gasteiger partial charge is 0.326 e. The van der Waals surface area contributed by atoms with Gasteiger partial charge in [-0.15, -0.1) is 0 Å². The molecule has 1 aromatic rings. The zero-order valence-corrected chi connectivity index (χ0v) is 11.8. The highest BCUT2D eigenvalue weighted by Gasteiger charge is 2.26. The highest BCUT2D eigenvalue weighted by molar-refractivity contribution is 7.92. The maximum Gasteiger partial charge on any atom is 0.326 e. The van der Waals surface area contributed by atoms with Crippen LogP contribution in [0.25, 0.3) is 0 Å². The Kier molecular flexibility index (Phi) is 4.88. The van der Waals surface area contributed by atoms with E-state index >= 15 is 0 Å². The molecule has 1 aromatic carbocycles. The first kappa shape index (κ1) is 15.4. The fourth-order valence-electron chi connectivity index (χ4n) is 1.49. The minimum Gasteiger partial charge on any atom is -0.468 e. The summed E-state index contributed by atoms with van der Waals surface area (Å²) in [4.78, 5) is 11.3. The van der Waals surface area contributed by atoms with Crippen LogP contribution in [0.2, 0.25) is 0 Å². The molecule has 0 radical (unpaired) electrons. The van der Waals surface area contributed by atoms with Gasteiger partial charge in [0.1, 0.15) is 12.4 Å². The number of esters is 1. The fourth-order valence-corrected chi connectivity index (χ4v) is 2.55. The Hall–Kier alpha value is -1.63. The van der Waals surface area contributed by atoms with Crippen molar-refractivity contribution < 1.29 is 22.3 Å². The number of anilines is 1. The Balaban J connectivity index is 3.27. The second-order valence-electron chi connectivity index (χ2n) is 3.94. The van der Waals surface area contributed by atoms with Gasteiger partial charge in [-0.05, 0) is 31.5 Å². The number of hydrogen-bond donors (Lipinski definition) is 0. The zero-order valence-electron chi connectivity index (χ0n) is 11.0. The third-order valence-corrected chi connectivity index (χ3v) is 4.30. The first-order valence-corrected chi connectivity index (χ1v) is 7.26. The Morgan fingerprint density at radius 3 is 2.53 bits per heavy atom. The second-order valence-corrected chi connectivity index (χ2v) is 6.12. The molecule has 0 atom stereocenters. The predicted octanol–water partition coefficient (Wildman–Crippen LogP) is 1.46. The number of carbonyl (C=O) groups excluding carboxylic acids is 1. The van der Waals surface area contributed by atoms with Gasteiger partial charge in [-0.2, -0.15) is 0 Å². The normalized spacial score (nSPS) is 11.2. The Labute approximate surface area is 112 Å². The molecule has 0 spiro atoms. The molecule has 0 fully saturated rings. The van der Waals surface area contributed by atoms with Crippen molar-refractivity contribution in [1.29, 1.82) is 0 Å². The van der Waals surface area contributed by atoms with Crippen LogP contribution in [0, 0.1) is 12.7 Å². The molecular weight excluding hydrogens is 273 g/mol. The van der Waals surface area contributed by atoms with Crippen molar-refractivity contribution in [1.82, 2.24) is 0 Å². The Morgan fingerprint density at radius 1 is 1.42 bits per heavy atom. The van der Waals surface area contributed by atoms with Gasteiger partial charge in [0, 0.05) is 0 Å². The molecule has 0 aliphatic carbocycles. The average molecular weight is 289 g/mol. The van der Waals surface area contributed by atoms with Crippen LogP contribution in [-0.2, 0) is 19.6 Å². The molecule has 0 amide bonds. The van der Waals surface area contributed by atoms with Gasteiger partial charge in [-0.1, -0.05) is 6.07 Å². The molecule has 19 heavy (non-hydrogen) atoms. The van der Waals surface area contributed by atoms with E-state index in [0.717, 1.165) is 11.4 Å². The number of ether oxygens (including phenoxy) is 1. The van der Waals surface area contributed by atoms with Crippen LogP contribution in [0.4, 0.5) is 10.1 Å². The van der Waals surface area contributed by atoms with Crippen LogP contribution in [0.5, 0.6) is 0 Å².